The van der Waals surface area contributed by atoms with E-state index < -0.39 is 0 Å². The molecule has 0 aliphatic carbocycles. The zero-order valence-electron chi connectivity index (χ0n) is 6.80. The Balaban J connectivity index is 2.78. The monoisotopic (exact) mass is 180 g/mol. The molecular weight excluding hydrogens is 172 g/mol. The van der Waals surface area contributed by atoms with Crippen molar-refractivity contribution in [1.29, 1.82) is 0 Å². The van der Waals surface area contributed by atoms with E-state index in [4.69, 9.17) is 16.0 Å². The van der Waals surface area contributed by atoms with E-state index in [1.807, 2.05) is 18.2 Å². The molecule has 0 aliphatic heterocycles. The molecule has 2 rings (SSSR count). The second-order valence-electron chi connectivity index (χ2n) is 2.73. The van der Waals surface area contributed by atoms with Crippen LogP contribution in [0, 0.1) is 0 Å². The van der Waals surface area contributed by atoms with Crippen LogP contribution in [0.15, 0.2) is 28.7 Å². The average molecular weight is 181 g/mol. The van der Waals surface area contributed by atoms with Gasteiger partial charge < -0.3 is 4.42 Å². The van der Waals surface area contributed by atoms with Crippen LogP contribution in [0.5, 0.6) is 0 Å². The minimum Gasteiger partial charge on any atom is -0.445 e. The summed E-state index contributed by atoms with van der Waals surface area (Å²) in [6, 6.07) is 7.88. The lowest BCUT2D eigenvalue weighted by Gasteiger charge is -1.95. The second-order valence-corrected chi connectivity index (χ2v) is 3.11. The van der Waals surface area contributed by atoms with Gasteiger partial charge in [-0.3, -0.25) is 0 Å². The molecule has 0 bridgehead atoms. The number of hydrogen-bond donors (Lipinski definition) is 0. The molecule has 0 aliphatic rings. The Morgan fingerprint density at radius 2 is 2.25 bits per heavy atom. The molecule has 2 aromatic rings. The fourth-order valence-electron chi connectivity index (χ4n) is 1.40. The summed E-state index contributed by atoms with van der Waals surface area (Å²) in [7, 11) is 0. The lowest BCUT2D eigenvalue weighted by Crippen LogP contribution is -1.78. The maximum absolute atomic E-state index is 5.75. The van der Waals surface area contributed by atoms with E-state index in [0.717, 1.165) is 17.4 Å². The number of furan rings is 1. The standard InChI is InChI=1S/C10H9ClO/c1-2-7-4-3-5-9-8(7)6-10(11)12-9/h3-6H,2H2,1H3. The van der Waals surface area contributed by atoms with Gasteiger partial charge in [-0.1, -0.05) is 19.1 Å². The Morgan fingerprint density at radius 1 is 1.42 bits per heavy atom. The molecule has 62 valence electrons. The smallest absolute Gasteiger partial charge is 0.194 e. The predicted molar refractivity (Wildman–Crippen MR) is 50.6 cm³/mol. The highest BCUT2D eigenvalue weighted by atomic mass is 35.5. The van der Waals surface area contributed by atoms with E-state index >= 15 is 0 Å². The van der Waals surface area contributed by atoms with Crippen molar-refractivity contribution >= 4 is 22.6 Å². The van der Waals surface area contributed by atoms with E-state index in [1.165, 1.54) is 5.56 Å². The molecule has 0 saturated carbocycles. The van der Waals surface area contributed by atoms with Gasteiger partial charge in [0.15, 0.2) is 5.22 Å². The third-order valence-electron chi connectivity index (χ3n) is 2.00. The van der Waals surface area contributed by atoms with Crippen LogP contribution in [0.3, 0.4) is 0 Å². The molecule has 0 N–H and O–H groups in total. The Morgan fingerprint density at radius 3 is 3.00 bits per heavy atom. The Kier molecular flexibility index (Phi) is 1.81. The van der Waals surface area contributed by atoms with E-state index in [9.17, 15) is 0 Å². The van der Waals surface area contributed by atoms with Crippen LogP contribution in [0.1, 0.15) is 12.5 Å². The van der Waals surface area contributed by atoms with Crippen LogP contribution in [0.25, 0.3) is 11.0 Å². The van der Waals surface area contributed by atoms with Crippen molar-refractivity contribution < 1.29 is 4.42 Å². The lowest BCUT2D eigenvalue weighted by molar-refractivity contribution is 0.618. The minimum absolute atomic E-state index is 0.464. The summed E-state index contributed by atoms with van der Waals surface area (Å²) in [6.07, 6.45) is 1.01. The Hall–Kier alpha value is -0.950. The average Bonchev–Trinajstić information content (AvgIpc) is 2.44. The van der Waals surface area contributed by atoms with Crippen LogP contribution < -0.4 is 0 Å². The molecule has 0 amide bonds. The molecule has 0 spiro atoms. The van der Waals surface area contributed by atoms with Crippen molar-refractivity contribution in [3.63, 3.8) is 0 Å². The van der Waals surface area contributed by atoms with Gasteiger partial charge in [-0.05, 0) is 29.7 Å². The van der Waals surface area contributed by atoms with Crippen LogP contribution in [-0.2, 0) is 6.42 Å². The van der Waals surface area contributed by atoms with Gasteiger partial charge in [-0.15, -0.1) is 0 Å². The van der Waals surface area contributed by atoms with Crippen molar-refractivity contribution in [3.05, 3.63) is 35.0 Å². The summed E-state index contributed by atoms with van der Waals surface area (Å²) in [5, 5.41) is 1.59. The number of rotatable bonds is 1. The quantitative estimate of drug-likeness (QED) is 0.653. The van der Waals surface area contributed by atoms with Gasteiger partial charge in [0.05, 0.1) is 0 Å². The highest BCUT2D eigenvalue weighted by molar-refractivity contribution is 6.29. The van der Waals surface area contributed by atoms with Crippen molar-refractivity contribution in [1.82, 2.24) is 0 Å². The summed E-state index contributed by atoms with van der Waals surface area (Å²) in [5.41, 5.74) is 2.16. The van der Waals surface area contributed by atoms with Gasteiger partial charge in [0.25, 0.3) is 0 Å². The normalized spacial score (nSPS) is 10.8. The molecule has 0 radical (unpaired) electrons. The maximum Gasteiger partial charge on any atom is 0.194 e. The van der Waals surface area contributed by atoms with Crippen molar-refractivity contribution in [2.45, 2.75) is 13.3 Å². The van der Waals surface area contributed by atoms with E-state index in [1.54, 1.807) is 0 Å². The minimum atomic E-state index is 0.464. The van der Waals surface area contributed by atoms with E-state index in [-0.39, 0.29) is 0 Å². The summed E-state index contributed by atoms with van der Waals surface area (Å²) < 4.78 is 5.28. The van der Waals surface area contributed by atoms with Crippen molar-refractivity contribution in [2.75, 3.05) is 0 Å². The highest BCUT2D eigenvalue weighted by Gasteiger charge is 2.03. The summed E-state index contributed by atoms with van der Waals surface area (Å²) in [6.45, 7) is 2.12. The van der Waals surface area contributed by atoms with Crippen molar-refractivity contribution in [2.24, 2.45) is 0 Å². The van der Waals surface area contributed by atoms with Crippen LogP contribution in [0.2, 0.25) is 5.22 Å². The van der Waals surface area contributed by atoms with Gasteiger partial charge in [0, 0.05) is 11.5 Å². The van der Waals surface area contributed by atoms with Gasteiger partial charge in [-0.2, -0.15) is 0 Å². The zero-order valence-corrected chi connectivity index (χ0v) is 7.56. The molecule has 1 heterocycles. The lowest BCUT2D eigenvalue weighted by atomic mass is 10.1. The first-order valence-electron chi connectivity index (χ1n) is 3.98. The third-order valence-corrected chi connectivity index (χ3v) is 2.19. The fraction of sp³-hybridized carbons (Fsp3) is 0.200. The molecule has 0 saturated heterocycles. The first-order chi connectivity index (χ1) is 5.81. The van der Waals surface area contributed by atoms with Crippen LogP contribution in [-0.4, -0.2) is 0 Å². The second kappa shape index (κ2) is 2.83. The number of fused-ring (bicyclic) bond motifs is 1. The van der Waals surface area contributed by atoms with Gasteiger partial charge >= 0.3 is 0 Å². The van der Waals surface area contributed by atoms with Crippen LogP contribution >= 0.6 is 11.6 Å². The maximum atomic E-state index is 5.75. The SMILES string of the molecule is CCc1cccc2oc(Cl)cc12. The molecule has 0 unspecified atom stereocenters. The highest BCUT2D eigenvalue weighted by Crippen LogP contribution is 2.25. The van der Waals surface area contributed by atoms with E-state index in [2.05, 4.69) is 13.0 Å². The molecule has 1 nitrogen and oxygen atoms in total. The molecule has 2 heteroatoms. The molecule has 0 fully saturated rings. The Bertz CT molecular complexity index is 403. The van der Waals surface area contributed by atoms with Gasteiger partial charge in [0.1, 0.15) is 5.58 Å². The molecule has 12 heavy (non-hydrogen) atoms. The number of benzene rings is 1. The topological polar surface area (TPSA) is 13.1 Å². The molecule has 0 atom stereocenters. The number of hydrogen-bond acceptors (Lipinski definition) is 1. The fourth-order valence-corrected chi connectivity index (χ4v) is 1.59. The van der Waals surface area contributed by atoms with Crippen molar-refractivity contribution in [3.8, 4) is 0 Å². The number of aryl methyl sites for hydroxylation is 1. The van der Waals surface area contributed by atoms with E-state index in [0.29, 0.717) is 5.22 Å². The molecule has 1 aromatic heterocycles. The first kappa shape index (κ1) is 7.69. The summed E-state index contributed by atoms with van der Waals surface area (Å²) in [4.78, 5) is 0. The molecular formula is C10H9ClO. The predicted octanol–water partition coefficient (Wildman–Crippen LogP) is 3.65. The first-order valence-corrected chi connectivity index (χ1v) is 4.36. The summed E-state index contributed by atoms with van der Waals surface area (Å²) in [5.74, 6) is 0. The molecule has 1 aromatic carbocycles. The summed E-state index contributed by atoms with van der Waals surface area (Å²) >= 11 is 5.75. The largest absolute Gasteiger partial charge is 0.445 e. The zero-order chi connectivity index (χ0) is 8.55. The third kappa shape index (κ3) is 1.10. The van der Waals surface area contributed by atoms with Crippen LogP contribution in [0.4, 0.5) is 0 Å². The number of halogens is 1. The van der Waals surface area contributed by atoms with Gasteiger partial charge in [0.2, 0.25) is 0 Å². The Labute approximate surface area is 75.9 Å². The van der Waals surface area contributed by atoms with Gasteiger partial charge in [-0.25, -0.2) is 0 Å².